The van der Waals surface area contributed by atoms with Crippen molar-refractivity contribution < 1.29 is 4.79 Å². The summed E-state index contributed by atoms with van der Waals surface area (Å²) in [7, 11) is 4.04. The number of para-hydroxylation sites is 1. The van der Waals surface area contributed by atoms with Crippen LogP contribution in [0, 0.1) is 0 Å². The maximum absolute atomic E-state index is 14.5. The zero-order chi connectivity index (χ0) is 32.8. The molecule has 1 aliphatic rings. The maximum Gasteiger partial charge on any atom is 0.255 e. The molecule has 1 aliphatic carbocycles. The van der Waals surface area contributed by atoms with Crippen LogP contribution in [0.3, 0.4) is 0 Å². The second-order valence-corrected chi connectivity index (χ2v) is 12.9. The van der Waals surface area contributed by atoms with E-state index in [1.807, 2.05) is 96.7 Å². The predicted molar refractivity (Wildman–Crippen MR) is 193 cm³/mol. The summed E-state index contributed by atoms with van der Waals surface area (Å²) in [5.41, 5.74) is 4.98. The lowest BCUT2D eigenvalue weighted by atomic mass is 9.91. The second kappa shape index (κ2) is 14.8. The van der Waals surface area contributed by atoms with Crippen molar-refractivity contribution >= 4 is 28.6 Å². The van der Waals surface area contributed by atoms with Crippen molar-refractivity contribution in [1.29, 1.82) is 0 Å². The number of hydrogen-bond acceptors (Lipinski definition) is 6. The Kier molecular flexibility index (Phi) is 10.1. The number of aromatic nitrogens is 2. The van der Waals surface area contributed by atoms with Crippen LogP contribution >= 0.6 is 0 Å². The van der Waals surface area contributed by atoms with E-state index in [-0.39, 0.29) is 18.0 Å². The summed E-state index contributed by atoms with van der Waals surface area (Å²) >= 11 is 0. The van der Waals surface area contributed by atoms with Crippen LogP contribution in [0.5, 0.6) is 0 Å². The highest BCUT2D eigenvalue weighted by molar-refractivity contribution is 5.96. The summed E-state index contributed by atoms with van der Waals surface area (Å²) in [5.74, 6) is 1.67. The molecule has 4 aromatic carbocycles. The molecular formula is C40H46N6O. The van der Waals surface area contributed by atoms with Crippen LogP contribution in [0.2, 0.25) is 0 Å². The molecule has 5 aromatic rings. The van der Waals surface area contributed by atoms with Gasteiger partial charge in [0.25, 0.3) is 5.91 Å². The fourth-order valence-electron chi connectivity index (χ4n) is 6.84. The summed E-state index contributed by atoms with van der Waals surface area (Å²) in [6.07, 6.45) is 4.15. The molecule has 242 valence electrons. The quantitative estimate of drug-likeness (QED) is 0.154. The lowest BCUT2D eigenvalue weighted by Crippen LogP contribution is -2.38. The molecule has 47 heavy (non-hydrogen) atoms. The highest BCUT2D eigenvalue weighted by Gasteiger charge is 2.30. The van der Waals surface area contributed by atoms with Gasteiger partial charge in [0.15, 0.2) is 0 Å². The topological polar surface area (TPSA) is 73.4 Å². The van der Waals surface area contributed by atoms with E-state index >= 15 is 0 Å². The van der Waals surface area contributed by atoms with Gasteiger partial charge in [0.2, 0.25) is 5.95 Å². The molecule has 7 heteroatoms. The third-order valence-electron chi connectivity index (χ3n) is 9.53. The van der Waals surface area contributed by atoms with Gasteiger partial charge in [-0.3, -0.25) is 4.79 Å². The lowest BCUT2D eigenvalue weighted by molar-refractivity contribution is 0.0602. The molecule has 1 aromatic heterocycles. The van der Waals surface area contributed by atoms with Crippen molar-refractivity contribution in [3.05, 3.63) is 131 Å². The first-order chi connectivity index (χ1) is 22.9. The van der Waals surface area contributed by atoms with Crippen molar-refractivity contribution in [3.63, 3.8) is 0 Å². The Morgan fingerprint density at radius 1 is 0.723 bits per heavy atom. The van der Waals surface area contributed by atoms with E-state index in [2.05, 4.69) is 60.9 Å². The van der Waals surface area contributed by atoms with Crippen LogP contribution < -0.4 is 15.5 Å². The SMILES string of the molecule is C[C@@H](c1ccccc1)N(C(=O)c1ccccc1CNC1CCC(Nc2nc(N(C)C)c3ccccc3n2)CC1)[C@@H](C)c1ccccc1. The molecule has 0 saturated heterocycles. The molecular weight excluding hydrogens is 580 g/mol. The smallest absolute Gasteiger partial charge is 0.255 e. The molecule has 1 amide bonds. The molecule has 0 unspecified atom stereocenters. The van der Waals surface area contributed by atoms with Gasteiger partial charge < -0.3 is 20.4 Å². The molecule has 2 atom stereocenters. The summed E-state index contributed by atoms with van der Waals surface area (Å²) in [4.78, 5) is 28.2. The van der Waals surface area contributed by atoms with Crippen LogP contribution in [0.1, 0.15) is 78.7 Å². The van der Waals surface area contributed by atoms with E-state index in [1.165, 1.54) is 0 Å². The van der Waals surface area contributed by atoms with Gasteiger partial charge in [-0.05, 0) is 74.4 Å². The first-order valence-corrected chi connectivity index (χ1v) is 16.8. The average molecular weight is 627 g/mol. The van der Waals surface area contributed by atoms with Crippen LogP contribution in [0.15, 0.2) is 109 Å². The van der Waals surface area contributed by atoms with E-state index in [9.17, 15) is 4.79 Å². The monoisotopic (exact) mass is 626 g/mol. The second-order valence-electron chi connectivity index (χ2n) is 12.9. The van der Waals surface area contributed by atoms with Gasteiger partial charge >= 0.3 is 0 Å². The Hall–Kier alpha value is -4.75. The maximum atomic E-state index is 14.5. The molecule has 2 N–H and O–H groups in total. The normalized spacial score (nSPS) is 17.5. The van der Waals surface area contributed by atoms with E-state index in [4.69, 9.17) is 9.97 Å². The molecule has 0 radical (unpaired) electrons. The summed E-state index contributed by atoms with van der Waals surface area (Å²) in [6.45, 7) is 4.91. The van der Waals surface area contributed by atoms with E-state index in [0.29, 0.717) is 24.6 Å². The fraction of sp³-hybridized carbons (Fsp3) is 0.325. The van der Waals surface area contributed by atoms with E-state index in [0.717, 1.165) is 64.7 Å². The van der Waals surface area contributed by atoms with Crippen molar-refractivity contribution in [2.75, 3.05) is 24.3 Å². The largest absolute Gasteiger partial charge is 0.362 e. The van der Waals surface area contributed by atoms with Crippen LogP contribution in [0.25, 0.3) is 10.9 Å². The van der Waals surface area contributed by atoms with Gasteiger partial charge in [-0.15, -0.1) is 0 Å². The number of nitrogens with zero attached hydrogens (tertiary/aromatic N) is 4. The summed E-state index contributed by atoms with van der Waals surface area (Å²) < 4.78 is 0. The van der Waals surface area contributed by atoms with Gasteiger partial charge in [0.05, 0.1) is 17.6 Å². The number of carbonyl (C=O) groups is 1. The molecule has 6 rings (SSSR count). The first-order valence-electron chi connectivity index (χ1n) is 16.8. The molecule has 1 fully saturated rings. The molecule has 0 bridgehead atoms. The number of anilines is 2. The standard InChI is InChI=1S/C40H46N6O/c1-28(30-15-7-5-8-16-30)46(29(2)31-17-9-6-10-18-31)39(47)35-20-12-11-19-32(35)27-41-33-23-25-34(26-24-33)42-40-43-37-22-14-13-21-36(37)38(44-40)45(3)4/h5-22,28-29,33-34,41H,23-27H2,1-4H3,(H,42,43,44)/t28-,29-,33?,34?/m0/s1. The minimum atomic E-state index is -0.0944. The fourth-order valence-corrected chi connectivity index (χ4v) is 6.84. The van der Waals surface area contributed by atoms with Crippen LogP contribution in [-0.4, -0.2) is 47.0 Å². The zero-order valence-electron chi connectivity index (χ0n) is 27.9. The van der Waals surface area contributed by atoms with Gasteiger partial charge in [-0.1, -0.05) is 91.0 Å². The number of carbonyl (C=O) groups excluding carboxylic acids is 1. The van der Waals surface area contributed by atoms with Crippen molar-refractivity contribution in [2.45, 2.75) is 70.2 Å². The first kappa shape index (κ1) is 32.2. The average Bonchev–Trinajstić information content (AvgIpc) is 3.11. The number of rotatable bonds is 11. The molecule has 1 saturated carbocycles. The van der Waals surface area contributed by atoms with Gasteiger partial charge in [-0.2, -0.15) is 4.98 Å². The summed E-state index contributed by atoms with van der Waals surface area (Å²) in [5, 5.41) is 8.47. The number of nitrogens with one attached hydrogen (secondary N) is 2. The minimum absolute atomic E-state index is 0.0514. The van der Waals surface area contributed by atoms with Crippen LogP contribution in [-0.2, 0) is 6.54 Å². The summed E-state index contributed by atoms with van der Waals surface area (Å²) in [6, 6.07) is 37.4. The lowest BCUT2D eigenvalue weighted by Gasteiger charge is -2.36. The van der Waals surface area contributed by atoms with Crippen LogP contribution in [0.4, 0.5) is 11.8 Å². The minimum Gasteiger partial charge on any atom is -0.362 e. The van der Waals surface area contributed by atoms with Crippen molar-refractivity contribution in [2.24, 2.45) is 0 Å². The molecule has 1 heterocycles. The highest BCUT2D eigenvalue weighted by atomic mass is 16.2. The molecule has 0 spiro atoms. The Balaban J connectivity index is 1.12. The Morgan fingerprint density at radius 2 is 1.28 bits per heavy atom. The van der Waals surface area contributed by atoms with Gasteiger partial charge in [0.1, 0.15) is 5.82 Å². The predicted octanol–water partition coefficient (Wildman–Crippen LogP) is 8.17. The highest BCUT2D eigenvalue weighted by Crippen LogP contribution is 2.33. The number of benzene rings is 4. The number of fused-ring (bicyclic) bond motifs is 1. The third kappa shape index (κ3) is 7.47. The number of amides is 1. The van der Waals surface area contributed by atoms with Crippen molar-refractivity contribution in [3.8, 4) is 0 Å². The Labute approximate surface area is 279 Å². The van der Waals surface area contributed by atoms with Gasteiger partial charge in [0, 0.05) is 43.7 Å². The van der Waals surface area contributed by atoms with Crippen molar-refractivity contribution in [1.82, 2.24) is 20.2 Å². The Bertz CT molecular complexity index is 1720. The van der Waals surface area contributed by atoms with E-state index < -0.39 is 0 Å². The Morgan fingerprint density at radius 3 is 1.91 bits per heavy atom. The zero-order valence-corrected chi connectivity index (χ0v) is 27.9. The molecule has 0 aliphatic heterocycles. The third-order valence-corrected chi connectivity index (χ3v) is 9.53. The number of hydrogen-bond donors (Lipinski definition) is 2. The molecule has 7 nitrogen and oxygen atoms in total. The van der Waals surface area contributed by atoms with E-state index in [1.54, 1.807) is 0 Å². The van der Waals surface area contributed by atoms with Gasteiger partial charge in [-0.25, -0.2) is 4.98 Å².